The van der Waals surface area contributed by atoms with Crippen molar-refractivity contribution < 1.29 is 8.78 Å². The van der Waals surface area contributed by atoms with E-state index in [1.54, 1.807) is 12.1 Å². The monoisotopic (exact) mass is 359 g/mol. The lowest BCUT2D eigenvalue weighted by atomic mass is 9.77. The number of rotatable bonds is 10. The van der Waals surface area contributed by atoms with E-state index in [4.69, 9.17) is 5.26 Å². The number of aryl methyl sites for hydroxylation is 1. The Balaban J connectivity index is 1.57. The Labute approximate surface area is 157 Å². The molecule has 1 aromatic rings. The molecule has 0 aromatic heterocycles. The Bertz CT molecular complexity index is 595. The van der Waals surface area contributed by atoms with Crippen LogP contribution in [0.3, 0.4) is 0 Å². The van der Waals surface area contributed by atoms with Gasteiger partial charge < -0.3 is 0 Å². The van der Waals surface area contributed by atoms with Crippen LogP contribution in [0.1, 0.15) is 81.8 Å². The molecule has 0 radical (unpaired) electrons. The molecule has 1 aromatic carbocycles. The summed E-state index contributed by atoms with van der Waals surface area (Å²) in [7, 11) is 0. The number of hydrogen-bond donors (Lipinski definition) is 0. The number of hydrogen-bond acceptors (Lipinski definition) is 1. The van der Waals surface area contributed by atoms with Crippen LogP contribution in [0.2, 0.25) is 0 Å². The van der Waals surface area contributed by atoms with Crippen LogP contribution in [0.5, 0.6) is 0 Å². The summed E-state index contributed by atoms with van der Waals surface area (Å²) in [5.41, 5.74) is 1.14. The number of halogens is 2. The molecule has 3 heteroatoms. The zero-order chi connectivity index (χ0) is 18.6. The lowest BCUT2D eigenvalue weighted by Gasteiger charge is -2.28. The highest BCUT2D eigenvalue weighted by Gasteiger charge is 2.20. The van der Waals surface area contributed by atoms with Gasteiger partial charge in [0.05, 0.1) is 11.9 Å². The molecule has 142 valence electrons. The van der Waals surface area contributed by atoms with Crippen molar-refractivity contribution in [2.45, 2.75) is 77.0 Å². The SMILES string of the molecule is N#Cc1ccc(CC[C@H]2CC[C@H](CCCCCCC=CF)CC2)cc1F. The minimum atomic E-state index is -0.394. The molecule has 1 fully saturated rings. The molecule has 0 amide bonds. The van der Waals surface area contributed by atoms with Gasteiger partial charge >= 0.3 is 0 Å². The Kier molecular flexibility index (Phi) is 9.39. The van der Waals surface area contributed by atoms with E-state index in [2.05, 4.69) is 0 Å². The third kappa shape index (κ3) is 7.28. The number of nitrogens with zero attached hydrogens (tertiary/aromatic N) is 1. The number of allylic oxidation sites excluding steroid dienone is 1. The molecular formula is C23H31F2N. The van der Waals surface area contributed by atoms with Crippen LogP contribution in [0.25, 0.3) is 0 Å². The van der Waals surface area contributed by atoms with E-state index < -0.39 is 5.82 Å². The minimum Gasteiger partial charge on any atom is -0.216 e. The predicted octanol–water partition coefficient (Wildman–Crippen LogP) is 7.26. The van der Waals surface area contributed by atoms with Gasteiger partial charge in [0.1, 0.15) is 11.9 Å². The van der Waals surface area contributed by atoms with Gasteiger partial charge in [-0.25, -0.2) is 8.78 Å². The Morgan fingerprint density at radius 2 is 1.69 bits per heavy atom. The summed E-state index contributed by atoms with van der Waals surface area (Å²) >= 11 is 0. The van der Waals surface area contributed by atoms with Crippen molar-refractivity contribution in [3.8, 4) is 6.07 Å². The van der Waals surface area contributed by atoms with Crippen LogP contribution in [-0.2, 0) is 6.42 Å². The van der Waals surface area contributed by atoms with Crippen LogP contribution in [0.15, 0.2) is 30.6 Å². The molecule has 2 rings (SSSR count). The fourth-order valence-electron chi connectivity index (χ4n) is 4.10. The molecule has 0 N–H and O–H groups in total. The maximum absolute atomic E-state index is 13.7. The number of nitriles is 1. The Hall–Kier alpha value is -1.69. The van der Waals surface area contributed by atoms with Gasteiger partial charge in [-0.1, -0.05) is 63.5 Å². The molecule has 0 heterocycles. The second-order valence-electron chi connectivity index (χ2n) is 7.70. The maximum Gasteiger partial charge on any atom is 0.141 e. The molecule has 1 aliphatic carbocycles. The first-order chi connectivity index (χ1) is 12.7. The third-order valence-corrected chi connectivity index (χ3v) is 5.78. The standard InChI is InChI=1S/C23H31F2N/c24-16-6-4-2-1-3-5-7-19-8-10-20(11-9-19)12-13-21-14-15-22(18-26)23(25)17-21/h6,14-17,19-20H,1-5,7-13H2/t19-,20-. The summed E-state index contributed by atoms with van der Waals surface area (Å²) in [6, 6.07) is 6.87. The van der Waals surface area contributed by atoms with Crippen LogP contribution >= 0.6 is 0 Å². The minimum absolute atomic E-state index is 0.133. The van der Waals surface area contributed by atoms with Crippen molar-refractivity contribution in [1.29, 1.82) is 5.26 Å². The van der Waals surface area contributed by atoms with Gasteiger partial charge in [-0.05, 0) is 55.2 Å². The third-order valence-electron chi connectivity index (χ3n) is 5.78. The first kappa shape index (κ1) is 20.6. The summed E-state index contributed by atoms with van der Waals surface area (Å²) in [6.07, 6.45) is 16.6. The average Bonchev–Trinajstić information content (AvgIpc) is 2.66. The fourth-order valence-corrected chi connectivity index (χ4v) is 4.10. The van der Waals surface area contributed by atoms with E-state index in [0.29, 0.717) is 6.33 Å². The smallest absolute Gasteiger partial charge is 0.141 e. The van der Waals surface area contributed by atoms with Gasteiger partial charge in [-0.15, -0.1) is 0 Å². The molecule has 0 bridgehead atoms. The first-order valence-electron chi connectivity index (χ1n) is 10.2. The Morgan fingerprint density at radius 1 is 1.00 bits per heavy atom. The molecule has 1 nitrogen and oxygen atoms in total. The van der Waals surface area contributed by atoms with E-state index in [9.17, 15) is 8.78 Å². The lowest BCUT2D eigenvalue weighted by molar-refractivity contribution is 0.248. The maximum atomic E-state index is 13.7. The molecule has 0 atom stereocenters. The molecule has 0 unspecified atom stereocenters. The fraction of sp³-hybridized carbons (Fsp3) is 0.609. The molecule has 0 aliphatic heterocycles. The topological polar surface area (TPSA) is 23.8 Å². The highest BCUT2D eigenvalue weighted by Crippen LogP contribution is 2.34. The van der Waals surface area contributed by atoms with E-state index in [1.807, 2.05) is 12.1 Å². The lowest BCUT2D eigenvalue weighted by Crippen LogP contribution is -2.15. The zero-order valence-corrected chi connectivity index (χ0v) is 15.7. The van der Waals surface area contributed by atoms with Gasteiger partial charge in [-0.2, -0.15) is 5.26 Å². The quantitative estimate of drug-likeness (QED) is 0.403. The molecule has 0 spiro atoms. The molecule has 26 heavy (non-hydrogen) atoms. The number of unbranched alkanes of at least 4 members (excludes halogenated alkanes) is 4. The molecule has 0 saturated heterocycles. The predicted molar refractivity (Wildman–Crippen MR) is 103 cm³/mol. The highest BCUT2D eigenvalue weighted by atomic mass is 19.1. The molecular weight excluding hydrogens is 328 g/mol. The second-order valence-corrected chi connectivity index (χ2v) is 7.70. The van der Waals surface area contributed by atoms with E-state index >= 15 is 0 Å². The number of benzene rings is 1. The van der Waals surface area contributed by atoms with E-state index in [0.717, 1.165) is 43.1 Å². The van der Waals surface area contributed by atoms with Crippen molar-refractivity contribution >= 4 is 0 Å². The average molecular weight is 360 g/mol. The van der Waals surface area contributed by atoms with Crippen molar-refractivity contribution in [1.82, 2.24) is 0 Å². The summed E-state index contributed by atoms with van der Waals surface area (Å²) in [5, 5.41) is 8.79. The normalized spacial score (nSPS) is 20.3. The van der Waals surface area contributed by atoms with Gasteiger partial charge in [0, 0.05) is 0 Å². The van der Waals surface area contributed by atoms with E-state index in [-0.39, 0.29) is 5.56 Å². The first-order valence-corrected chi connectivity index (χ1v) is 10.2. The van der Waals surface area contributed by atoms with E-state index in [1.165, 1.54) is 57.4 Å². The Morgan fingerprint density at radius 3 is 2.35 bits per heavy atom. The summed E-state index contributed by atoms with van der Waals surface area (Å²) in [6.45, 7) is 0. The van der Waals surface area contributed by atoms with Gasteiger partial charge in [0.25, 0.3) is 0 Å². The van der Waals surface area contributed by atoms with Crippen LogP contribution in [0, 0.1) is 29.0 Å². The summed E-state index contributed by atoms with van der Waals surface area (Å²) in [4.78, 5) is 0. The molecule has 1 saturated carbocycles. The molecule has 1 aliphatic rings. The van der Waals surface area contributed by atoms with Crippen molar-refractivity contribution in [2.24, 2.45) is 11.8 Å². The highest BCUT2D eigenvalue weighted by molar-refractivity contribution is 5.33. The van der Waals surface area contributed by atoms with Gasteiger partial charge in [0.15, 0.2) is 0 Å². The largest absolute Gasteiger partial charge is 0.216 e. The van der Waals surface area contributed by atoms with Gasteiger partial charge in [0.2, 0.25) is 0 Å². The summed E-state index contributed by atoms with van der Waals surface area (Å²) in [5.74, 6) is 1.25. The zero-order valence-electron chi connectivity index (χ0n) is 15.7. The second kappa shape index (κ2) is 11.8. The summed E-state index contributed by atoms with van der Waals surface area (Å²) < 4.78 is 25.5. The van der Waals surface area contributed by atoms with Crippen molar-refractivity contribution in [2.75, 3.05) is 0 Å². The van der Waals surface area contributed by atoms with Crippen LogP contribution in [-0.4, -0.2) is 0 Å². The van der Waals surface area contributed by atoms with Crippen molar-refractivity contribution in [3.05, 3.63) is 47.5 Å². The van der Waals surface area contributed by atoms with Gasteiger partial charge in [-0.3, -0.25) is 0 Å². The van der Waals surface area contributed by atoms with Crippen LogP contribution < -0.4 is 0 Å². The van der Waals surface area contributed by atoms with Crippen LogP contribution in [0.4, 0.5) is 8.78 Å². The van der Waals surface area contributed by atoms with Crippen molar-refractivity contribution in [3.63, 3.8) is 0 Å².